The van der Waals surface area contributed by atoms with E-state index < -0.39 is 75.7 Å². The number of hydrogen-bond donors (Lipinski definition) is 6. The minimum atomic E-state index is -5.15. The van der Waals surface area contributed by atoms with Gasteiger partial charge < -0.3 is 39.9 Å². The van der Waals surface area contributed by atoms with Crippen LogP contribution < -0.4 is 0 Å². The van der Waals surface area contributed by atoms with Crippen LogP contribution in [0.4, 0.5) is 0 Å². The number of esters is 2. The predicted molar refractivity (Wildman–Crippen MR) is 267 cm³/mol. The standard InChI is InChI=1S/C53H87O13P/c1-3-5-7-9-11-13-15-17-19-21-23-25-27-29-31-33-35-37-39-41-46(54)63-43-45(44-64-67(61,62)66-53-51(59)49(57)48(56)50(58)52(53)60)65-47(55)42-40-38-36-34-32-30-28-26-24-22-20-18-16-14-12-10-8-6-4-2/h6,8,11-14,17-20,24,26,30,32,36,38,45,48-53,56-60H,3-5,7,9-10,15-16,21-23,25,27-29,31,33-35,37,39-44H2,1-2H3,(H,61,62)/b8-6-,13-11-,14-12-,19-17-,20-18-,26-24-,32-30-,38-36-/t45-,48?,49-,50?,51?,52?,53?/m1/s1. The number of rotatable bonds is 40. The van der Waals surface area contributed by atoms with Gasteiger partial charge in [0.2, 0.25) is 0 Å². The summed E-state index contributed by atoms with van der Waals surface area (Å²) in [5, 5.41) is 50.2. The lowest BCUT2D eigenvalue weighted by Crippen LogP contribution is -2.64. The summed E-state index contributed by atoms with van der Waals surface area (Å²) in [4.78, 5) is 35.8. The molecular weight excluding hydrogens is 876 g/mol. The van der Waals surface area contributed by atoms with E-state index in [0.717, 1.165) is 70.6 Å². The third-order valence-electron chi connectivity index (χ3n) is 10.9. The van der Waals surface area contributed by atoms with E-state index in [0.29, 0.717) is 19.3 Å². The number of phosphoric acid groups is 1. The largest absolute Gasteiger partial charge is 0.472 e. The Hall–Kier alpha value is -3.23. The molecule has 14 heteroatoms. The molecule has 13 nitrogen and oxygen atoms in total. The fourth-order valence-electron chi connectivity index (χ4n) is 6.93. The van der Waals surface area contributed by atoms with Crippen molar-refractivity contribution in [3.05, 3.63) is 97.2 Å². The van der Waals surface area contributed by atoms with Gasteiger partial charge in [-0.25, -0.2) is 4.57 Å². The molecule has 67 heavy (non-hydrogen) atoms. The Morgan fingerprint density at radius 3 is 1.36 bits per heavy atom. The van der Waals surface area contributed by atoms with Gasteiger partial charge in [-0.05, 0) is 83.5 Å². The lowest BCUT2D eigenvalue weighted by molar-refractivity contribution is -0.220. The van der Waals surface area contributed by atoms with Gasteiger partial charge in [-0.15, -0.1) is 0 Å². The van der Waals surface area contributed by atoms with Crippen LogP contribution >= 0.6 is 7.82 Å². The van der Waals surface area contributed by atoms with E-state index >= 15 is 0 Å². The number of aliphatic hydroxyl groups excluding tert-OH is 5. The fraction of sp³-hybridized carbons (Fsp3) is 0.660. The lowest BCUT2D eigenvalue weighted by atomic mass is 9.85. The van der Waals surface area contributed by atoms with E-state index in [-0.39, 0.29) is 12.8 Å². The SMILES string of the molecule is CC/C=C\C/C=C\C/C=C\C/C=C\C/C=C\C/C=C\CCC(=O)O[C@H](COC(=O)CCCCCCCCCCC/C=C\C/C=C\CCCCC)COP(=O)(O)OC1C(O)C(O)C(O)[C@@H](O)C1O. The van der Waals surface area contributed by atoms with Gasteiger partial charge in [-0.1, -0.05) is 169 Å². The van der Waals surface area contributed by atoms with Crippen molar-refractivity contribution in [1.29, 1.82) is 0 Å². The van der Waals surface area contributed by atoms with Crippen LogP contribution in [0.5, 0.6) is 0 Å². The zero-order valence-corrected chi connectivity index (χ0v) is 41.5. The summed E-state index contributed by atoms with van der Waals surface area (Å²) in [5.41, 5.74) is 0. The molecule has 382 valence electrons. The van der Waals surface area contributed by atoms with Crippen LogP contribution in [0.1, 0.15) is 168 Å². The number of hydrogen-bond acceptors (Lipinski definition) is 12. The first-order valence-electron chi connectivity index (χ1n) is 25.0. The maximum absolute atomic E-state index is 12.8. The van der Waals surface area contributed by atoms with Crippen molar-refractivity contribution < 1.29 is 63.1 Å². The van der Waals surface area contributed by atoms with E-state index in [1.165, 1.54) is 51.4 Å². The Balaban J connectivity index is 2.48. The second kappa shape index (κ2) is 41.7. The number of aliphatic hydroxyl groups is 5. The van der Waals surface area contributed by atoms with Crippen molar-refractivity contribution in [1.82, 2.24) is 0 Å². The van der Waals surface area contributed by atoms with E-state index in [9.17, 15) is 44.6 Å². The molecule has 0 bridgehead atoms. The summed E-state index contributed by atoms with van der Waals surface area (Å²) in [6, 6.07) is 0. The summed E-state index contributed by atoms with van der Waals surface area (Å²) in [6.45, 7) is 3.10. The van der Waals surface area contributed by atoms with Gasteiger partial charge in [0.1, 0.15) is 43.2 Å². The molecule has 1 fully saturated rings. The van der Waals surface area contributed by atoms with Gasteiger partial charge in [0, 0.05) is 12.8 Å². The molecule has 0 amide bonds. The highest BCUT2D eigenvalue weighted by Gasteiger charge is 2.51. The van der Waals surface area contributed by atoms with Gasteiger partial charge in [0.05, 0.1) is 6.61 Å². The predicted octanol–water partition coefficient (Wildman–Crippen LogP) is 10.6. The summed E-state index contributed by atoms with van der Waals surface area (Å²) < 4.78 is 33.5. The van der Waals surface area contributed by atoms with Crippen molar-refractivity contribution in [2.24, 2.45) is 0 Å². The van der Waals surface area contributed by atoms with E-state index in [2.05, 4.69) is 92.8 Å². The van der Waals surface area contributed by atoms with Gasteiger partial charge in [-0.3, -0.25) is 18.6 Å². The first kappa shape index (κ1) is 61.8. The smallest absolute Gasteiger partial charge is 0.462 e. The molecule has 0 aromatic carbocycles. The van der Waals surface area contributed by atoms with Gasteiger partial charge in [0.15, 0.2) is 6.10 Å². The summed E-state index contributed by atoms with van der Waals surface area (Å²) >= 11 is 0. The molecule has 0 radical (unpaired) electrons. The normalized spacial score (nSPS) is 22.0. The van der Waals surface area contributed by atoms with Crippen LogP contribution in [0.25, 0.3) is 0 Å². The van der Waals surface area contributed by atoms with Crippen molar-refractivity contribution in [3.8, 4) is 0 Å². The topological polar surface area (TPSA) is 210 Å². The average Bonchev–Trinajstić information content (AvgIpc) is 3.31. The minimum absolute atomic E-state index is 0.0346. The average molecular weight is 963 g/mol. The lowest BCUT2D eigenvalue weighted by Gasteiger charge is -2.41. The highest BCUT2D eigenvalue weighted by Crippen LogP contribution is 2.47. The molecule has 1 rings (SSSR count). The second-order valence-electron chi connectivity index (χ2n) is 16.9. The number of carbonyl (C=O) groups is 2. The molecule has 0 spiro atoms. The van der Waals surface area contributed by atoms with Crippen LogP contribution in [0.15, 0.2) is 97.2 Å². The molecule has 1 saturated carbocycles. The number of phosphoric ester groups is 1. The van der Waals surface area contributed by atoms with Crippen molar-refractivity contribution in [2.45, 2.75) is 211 Å². The second-order valence-corrected chi connectivity index (χ2v) is 18.3. The first-order valence-corrected chi connectivity index (χ1v) is 26.5. The third kappa shape index (κ3) is 33.8. The van der Waals surface area contributed by atoms with Crippen molar-refractivity contribution in [2.75, 3.05) is 13.2 Å². The highest BCUT2D eigenvalue weighted by atomic mass is 31.2. The molecule has 0 saturated heterocycles. The number of unbranched alkanes of at least 4 members (excludes halogenated alkanes) is 12. The van der Waals surface area contributed by atoms with E-state index in [4.69, 9.17) is 18.5 Å². The Labute approximate surface area is 402 Å². The highest BCUT2D eigenvalue weighted by molar-refractivity contribution is 7.47. The zero-order chi connectivity index (χ0) is 49.2. The van der Waals surface area contributed by atoms with Crippen LogP contribution in [0.2, 0.25) is 0 Å². The maximum Gasteiger partial charge on any atom is 0.472 e. The Bertz CT molecular complexity index is 1530. The van der Waals surface area contributed by atoms with Gasteiger partial charge >= 0.3 is 19.8 Å². The number of ether oxygens (including phenoxy) is 2. The molecular formula is C53H87O13P. The minimum Gasteiger partial charge on any atom is -0.462 e. The van der Waals surface area contributed by atoms with Crippen LogP contribution in [0, 0.1) is 0 Å². The molecule has 6 N–H and O–H groups in total. The Morgan fingerprint density at radius 1 is 0.478 bits per heavy atom. The molecule has 0 aromatic rings. The summed E-state index contributed by atoms with van der Waals surface area (Å²) in [7, 11) is -5.15. The molecule has 8 atom stereocenters. The van der Waals surface area contributed by atoms with Crippen LogP contribution in [0.3, 0.4) is 0 Å². The molecule has 6 unspecified atom stereocenters. The molecule has 0 heterocycles. The van der Waals surface area contributed by atoms with E-state index in [1.807, 2.05) is 18.2 Å². The molecule has 1 aliphatic carbocycles. The van der Waals surface area contributed by atoms with Crippen LogP contribution in [-0.4, -0.2) is 98.3 Å². The Kier molecular flexibility index (Phi) is 38.5. The fourth-order valence-corrected chi connectivity index (χ4v) is 7.90. The molecule has 1 aliphatic rings. The number of allylic oxidation sites excluding steroid dienone is 16. The Morgan fingerprint density at radius 2 is 0.881 bits per heavy atom. The first-order chi connectivity index (χ1) is 32.4. The quantitative estimate of drug-likeness (QED) is 0.0146. The van der Waals surface area contributed by atoms with Crippen molar-refractivity contribution in [3.63, 3.8) is 0 Å². The number of carbonyl (C=O) groups excluding carboxylic acids is 2. The monoisotopic (exact) mass is 963 g/mol. The van der Waals surface area contributed by atoms with Crippen molar-refractivity contribution >= 4 is 19.8 Å². The third-order valence-corrected chi connectivity index (χ3v) is 11.9. The molecule has 0 aromatic heterocycles. The molecule has 0 aliphatic heterocycles. The maximum atomic E-state index is 12.8. The van der Waals surface area contributed by atoms with E-state index in [1.54, 1.807) is 0 Å². The van der Waals surface area contributed by atoms with Crippen LogP contribution in [-0.2, 0) is 32.7 Å². The van der Waals surface area contributed by atoms with Gasteiger partial charge in [0.25, 0.3) is 0 Å². The zero-order valence-electron chi connectivity index (χ0n) is 40.7. The summed E-state index contributed by atoms with van der Waals surface area (Å²) in [5.74, 6) is -1.21. The van der Waals surface area contributed by atoms with Gasteiger partial charge in [-0.2, -0.15) is 0 Å². The summed E-state index contributed by atoms with van der Waals surface area (Å²) in [6.07, 6.45) is 43.2.